The number of phenolic OH excluding ortho intramolecular Hbond substituents is 1. The molecule has 0 radical (unpaired) electrons. The first-order chi connectivity index (χ1) is 8.70. The van der Waals surface area contributed by atoms with Gasteiger partial charge in [0.1, 0.15) is 5.75 Å². The van der Waals surface area contributed by atoms with Crippen LogP contribution in [0, 0.1) is 0 Å². The SMILES string of the molecule is O=C(Cc1ccc(O)cc1)N1CCOCC1CO. The minimum absolute atomic E-state index is 0.0250. The summed E-state index contributed by atoms with van der Waals surface area (Å²) in [6.45, 7) is 1.33. The summed E-state index contributed by atoms with van der Waals surface area (Å²) in [6.07, 6.45) is 0.275. The molecule has 1 aliphatic heterocycles. The number of aliphatic hydroxyl groups is 1. The van der Waals surface area contributed by atoms with E-state index < -0.39 is 0 Å². The fraction of sp³-hybridized carbons (Fsp3) is 0.462. The first-order valence-electron chi connectivity index (χ1n) is 5.96. The van der Waals surface area contributed by atoms with Crippen molar-refractivity contribution in [3.05, 3.63) is 29.8 Å². The molecule has 2 N–H and O–H groups in total. The quantitative estimate of drug-likeness (QED) is 0.802. The minimum Gasteiger partial charge on any atom is -0.508 e. The lowest BCUT2D eigenvalue weighted by Gasteiger charge is -2.34. The van der Waals surface area contributed by atoms with Crippen LogP contribution in [0.15, 0.2) is 24.3 Å². The highest BCUT2D eigenvalue weighted by atomic mass is 16.5. The Balaban J connectivity index is 2.00. The highest BCUT2D eigenvalue weighted by Crippen LogP contribution is 2.13. The van der Waals surface area contributed by atoms with Crippen molar-refractivity contribution in [2.75, 3.05) is 26.4 Å². The number of hydrogen-bond acceptors (Lipinski definition) is 4. The van der Waals surface area contributed by atoms with Gasteiger partial charge in [-0.1, -0.05) is 12.1 Å². The van der Waals surface area contributed by atoms with Crippen molar-refractivity contribution in [1.82, 2.24) is 4.90 Å². The van der Waals surface area contributed by atoms with Crippen LogP contribution in [0.3, 0.4) is 0 Å². The van der Waals surface area contributed by atoms with Gasteiger partial charge < -0.3 is 19.8 Å². The maximum Gasteiger partial charge on any atom is 0.227 e. The number of aromatic hydroxyl groups is 1. The van der Waals surface area contributed by atoms with Gasteiger partial charge in [-0.05, 0) is 17.7 Å². The van der Waals surface area contributed by atoms with Crippen molar-refractivity contribution >= 4 is 5.91 Å². The Labute approximate surface area is 106 Å². The Morgan fingerprint density at radius 3 is 2.78 bits per heavy atom. The summed E-state index contributed by atoms with van der Waals surface area (Å²) in [5.41, 5.74) is 0.848. The molecule has 0 spiro atoms. The second kappa shape index (κ2) is 5.84. The van der Waals surface area contributed by atoms with E-state index in [1.165, 1.54) is 0 Å². The molecule has 5 nitrogen and oxygen atoms in total. The number of nitrogens with zero attached hydrogens (tertiary/aromatic N) is 1. The van der Waals surface area contributed by atoms with Crippen LogP contribution in [-0.4, -0.2) is 53.4 Å². The molecular formula is C13H17NO4. The minimum atomic E-state index is -0.247. The predicted molar refractivity (Wildman–Crippen MR) is 65.2 cm³/mol. The predicted octanol–water partition coefficient (Wildman–Crippen LogP) is 0.154. The number of amides is 1. The lowest BCUT2D eigenvalue weighted by atomic mass is 10.1. The van der Waals surface area contributed by atoms with Crippen molar-refractivity contribution in [3.63, 3.8) is 0 Å². The lowest BCUT2D eigenvalue weighted by molar-refractivity contribution is -0.140. The molecule has 1 unspecified atom stereocenters. The van der Waals surface area contributed by atoms with Gasteiger partial charge in [0.25, 0.3) is 0 Å². The Hall–Kier alpha value is -1.59. The van der Waals surface area contributed by atoms with Gasteiger partial charge in [0.2, 0.25) is 5.91 Å². The lowest BCUT2D eigenvalue weighted by Crippen LogP contribution is -2.51. The van der Waals surface area contributed by atoms with Gasteiger partial charge >= 0.3 is 0 Å². The third-order valence-electron chi connectivity index (χ3n) is 3.05. The number of morpholine rings is 1. The Kier molecular flexibility index (Phi) is 4.17. The van der Waals surface area contributed by atoms with Crippen molar-refractivity contribution < 1.29 is 19.7 Å². The van der Waals surface area contributed by atoms with Crippen LogP contribution in [0.4, 0.5) is 0 Å². The number of benzene rings is 1. The molecule has 98 valence electrons. The van der Waals surface area contributed by atoms with Gasteiger partial charge in [-0.2, -0.15) is 0 Å². The molecule has 1 amide bonds. The maximum atomic E-state index is 12.1. The standard InChI is InChI=1S/C13H17NO4/c15-8-11-9-18-6-5-14(11)13(17)7-10-1-3-12(16)4-2-10/h1-4,11,15-16H,5-9H2. The highest BCUT2D eigenvalue weighted by molar-refractivity contribution is 5.79. The van der Waals surface area contributed by atoms with Crippen LogP contribution < -0.4 is 0 Å². The van der Waals surface area contributed by atoms with Crippen LogP contribution in [0.1, 0.15) is 5.56 Å². The zero-order valence-electron chi connectivity index (χ0n) is 10.1. The topological polar surface area (TPSA) is 70.0 Å². The summed E-state index contributed by atoms with van der Waals surface area (Å²) in [6, 6.07) is 6.32. The molecule has 0 saturated carbocycles. The zero-order valence-corrected chi connectivity index (χ0v) is 10.1. The Bertz CT molecular complexity index is 404. The fourth-order valence-corrected chi connectivity index (χ4v) is 2.02. The highest BCUT2D eigenvalue weighted by Gasteiger charge is 2.26. The normalized spacial score (nSPS) is 19.8. The molecule has 1 aliphatic rings. The first kappa shape index (κ1) is 12.9. The number of carbonyl (C=O) groups is 1. The molecule has 1 heterocycles. The molecule has 0 aromatic heterocycles. The first-order valence-corrected chi connectivity index (χ1v) is 5.96. The summed E-state index contributed by atoms with van der Waals surface area (Å²) in [7, 11) is 0. The zero-order chi connectivity index (χ0) is 13.0. The molecule has 1 aromatic carbocycles. The second-order valence-corrected chi connectivity index (χ2v) is 4.34. The number of ether oxygens (including phenoxy) is 1. The molecular weight excluding hydrogens is 234 g/mol. The monoisotopic (exact) mass is 251 g/mol. The Morgan fingerprint density at radius 1 is 1.39 bits per heavy atom. The average Bonchev–Trinajstić information content (AvgIpc) is 2.41. The van der Waals surface area contributed by atoms with Gasteiger partial charge in [0.15, 0.2) is 0 Å². The van der Waals surface area contributed by atoms with E-state index in [4.69, 9.17) is 4.74 Å². The van der Waals surface area contributed by atoms with E-state index in [1.807, 2.05) is 0 Å². The molecule has 18 heavy (non-hydrogen) atoms. The van der Waals surface area contributed by atoms with E-state index in [-0.39, 0.29) is 30.7 Å². The number of carbonyl (C=O) groups excluding carboxylic acids is 1. The van der Waals surface area contributed by atoms with Crippen LogP contribution in [0.5, 0.6) is 5.75 Å². The van der Waals surface area contributed by atoms with E-state index >= 15 is 0 Å². The summed E-state index contributed by atoms with van der Waals surface area (Å²) in [5, 5.41) is 18.4. The molecule has 1 fully saturated rings. The van der Waals surface area contributed by atoms with Crippen LogP contribution in [0.25, 0.3) is 0 Å². The number of rotatable bonds is 3. The van der Waals surface area contributed by atoms with E-state index in [0.717, 1.165) is 5.56 Å². The third-order valence-corrected chi connectivity index (χ3v) is 3.05. The van der Waals surface area contributed by atoms with Crippen molar-refractivity contribution in [3.8, 4) is 5.75 Å². The Morgan fingerprint density at radius 2 is 2.11 bits per heavy atom. The maximum absolute atomic E-state index is 12.1. The van der Waals surface area contributed by atoms with Gasteiger partial charge in [-0.3, -0.25) is 4.79 Å². The summed E-state index contributed by atoms with van der Waals surface area (Å²) in [5.74, 6) is 0.161. The molecule has 2 rings (SSSR count). The van der Waals surface area contributed by atoms with Crippen LogP contribution >= 0.6 is 0 Å². The molecule has 0 aliphatic carbocycles. The van der Waals surface area contributed by atoms with Gasteiger partial charge in [0, 0.05) is 6.54 Å². The fourth-order valence-electron chi connectivity index (χ4n) is 2.02. The molecule has 1 saturated heterocycles. The summed E-state index contributed by atoms with van der Waals surface area (Å²) in [4.78, 5) is 13.8. The number of hydrogen-bond donors (Lipinski definition) is 2. The summed E-state index contributed by atoms with van der Waals surface area (Å²) < 4.78 is 5.23. The van der Waals surface area contributed by atoms with Gasteiger partial charge in [-0.25, -0.2) is 0 Å². The molecule has 0 bridgehead atoms. The van der Waals surface area contributed by atoms with E-state index in [2.05, 4.69) is 0 Å². The van der Waals surface area contributed by atoms with Crippen molar-refractivity contribution in [2.24, 2.45) is 0 Å². The molecule has 1 aromatic rings. The van der Waals surface area contributed by atoms with E-state index in [9.17, 15) is 15.0 Å². The van der Waals surface area contributed by atoms with Crippen LogP contribution in [-0.2, 0) is 16.0 Å². The molecule has 1 atom stereocenters. The molecule has 5 heteroatoms. The van der Waals surface area contributed by atoms with Crippen molar-refractivity contribution in [2.45, 2.75) is 12.5 Å². The number of aliphatic hydroxyl groups excluding tert-OH is 1. The second-order valence-electron chi connectivity index (χ2n) is 4.34. The van der Waals surface area contributed by atoms with Crippen LogP contribution in [0.2, 0.25) is 0 Å². The largest absolute Gasteiger partial charge is 0.508 e. The summed E-state index contributed by atoms with van der Waals surface area (Å²) >= 11 is 0. The average molecular weight is 251 g/mol. The van der Waals surface area contributed by atoms with E-state index in [0.29, 0.717) is 19.8 Å². The van der Waals surface area contributed by atoms with E-state index in [1.54, 1.807) is 29.2 Å². The van der Waals surface area contributed by atoms with Gasteiger partial charge in [-0.15, -0.1) is 0 Å². The van der Waals surface area contributed by atoms with Gasteiger partial charge in [0.05, 0.1) is 32.3 Å². The van der Waals surface area contributed by atoms with Crippen molar-refractivity contribution in [1.29, 1.82) is 0 Å². The number of phenols is 1. The third kappa shape index (κ3) is 3.00. The smallest absolute Gasteiger partial charge is 0.227 e.